The summed E-state index contributed by atoms with van der Waals surface area (Å²) in [6.07, 6.45) is -2.84. The largest absolute Gasteiger partial charge is 0.504 e. The molecule has 3 aromatic rings. The number of aliphatic imine (C=N–C) groups is 1. The quantitative estimate of drug-likeness (QED) is 0.155. The van der Waals surface area contributed by atoms with Gasteiger partial charge in [0.2, 0.25) is 23.3 Å². The van der Waals surface area contributed by atoms with Gasteiger partial charge in [-0.1, -0.05) is 12.1 Å². The third-order valence-corrected chi connectivity index (χ3v) is 6.01. The Hall–Kier alpha value is -5.47. The van der Waals surface area contributed by atoms with E-state index in [-0.39, 0.29) is 11.3 Å². The molecule has 0 saturated heterocycles. The zero-order valence-corrected chi connectivity index (χ0v) is 22.1. The number of nitrogen functional groups attached to an aromatic ring is 1. The third kappa shape index (κ3) is 6.63. The van der Waals surface area contributed by atoms with E-state index in [2.05, 4.69) is 9.98 Å². The second kappa shape index (κ2) is 12.4. The fraction of sp³-hybridized carbons (Fsp3) is 0.222. The van der Waals surface area contributed by atoms with E-state index in [0.717, 1.165) is 12.1 Å². The summed E-state index contributed by atoms with van der Waals surface area (Å²) >= 11 is 0. The van der Waals surface area contributed by atoms with Crippen LogP contribution >= 0.6 is 0 Å². The lowest BCUT2D eigenvalue weighted by atomic mass is 10.2. The van der Waals surface area contributed by atoms with Gasteiger partial charge in [-0.2, -0.15) is 13.8 Å². The van der Waals surface area contributed by atoms with E-state index in [4.69, 9.17) is 31.1 Å². The molecule has 1 aliphatic rings. The summed E-state index contributed by atoms with van der Waals surface area (Å²) in [5.41, 5.74) is 11.3. The number of hydrogen-bond donors (Lipinski definition) is 5. The van der Waals surface area contributed by atoms with Crippen LogP contribution in [0.3, 0.4) is 0 Å². The van der Waals surface area contributed by atoms with Crippen molar-refractivity contribution >= 4 is 23.5 Å². The van der Waals surface area contributed by atoms with Gasteiger partial charge in [0.1, 0.15) is 17.4 Å². The van der Waals surface area contributed by atoms with Crippen molar-refractivity contribution in [1.82, 2.24) is 9.88 Å². The second-order valence-corrected chi connectivity index (χ2v) is 9.08. The lowest BCUT2D eigenvalue weighted by Gasteiger charge is -2.19. The normalized spacial score (nSPS) is 13.3. The van der Waals surface area contributed by atoms with Crippen LogP contribution < -0.4 is 25.7 Å². The van der Waals surface area contributed by atoms with Crippen LogP contribution in [0.5, 0.6) is 34.8 Å². The number of benzene rings is 2. The van der Waals surface area contributed by atoms with E-state index < -0.39 is 77.3 Å². The first-order valence-corrected chi connectivity index (χ1v) is 12.4. The van der Waals surface area contributed by atoms with Crippen molar-refractivity contribution < 1.29 is 42.8 Å². The standard InChI is InChI=1S/C27H26F2N6O7/c1-35-10-9-33-24(35)14-3-2-4-15(11-14)40-25-20(28)22(41-17(27(38)39)7-8-19(30)37)21(29)26(34-25)42-18-12-13(23(31)32)5-6-16(18)36/h2-6,11-12,17,36H,7-10H2,1H3,(H2,30,37)(H3,31,32)(H,38,39). The number of ether oxygens (including phenoxy) is 3. The first kappa shape index (κ1) is 29.5. The zero-order valence-electron chi connectivity index (χ0n) is 22.1. The number of amidine groups is 2. The molecule has 13 nitrogen and oxygen atoms in total. The molecule has 0 bridgehead atoms. The van der Waals surface area contributed by atoms with Gasteiger partial charge >= 0.3 is 5.97 Å². The number of nitrogens with one attached hydrogen (secondary N) is 1. The molecule has 0 aliphatic carbocycles. The van der Waals surface area contributed by atoms with Crippen LogP contribution in [0.25, 0.3) is 0 Å². The van der Waals surface area contributed by atoms with Crippen LogP contribution in [0, 0.1) is 17.0 Å². The van der Waals surface area contributed by atoms with Gasteiger partial charge in [0.15, 0.2) is 17.6 Å². The van der Waals surface area contributed by atoms with Gasteiger partial charge in [-0.25, -0.2) is 4.79 Å². The Morgan fingerprint density at radius 2 is 1.83 bits per heavy atom. The number of carboxylic acids is 1. The third-order valence-electron chi connectivity index (χ3n) is 6.01. The van der Waals surface area contributed by atoms with Crippen LogP contribution in [0.4, 0.5) is 8.78 Å². The predicted octanol–water partition coefficient (Wildman–Crippen LogP) is 2.72. The number of nitrogens with zero attached hydrogens (tertiary/aromatic N) is 3. The first-order valence-electron chi connectivity index (χ1n) is 12.4. The van der Waals surface area contributed by atoms with Gasteiger partial charge in [-0.15, -0.1) is 0 Å². The molecule has 1 unspecified atom stereocenters. The topological polar surface area (TPSA) is 207 Å². The molecule has 0 saturated carbocycles. The number of phenols is 1. The van der Waals surface area contributed by atoms with Gasteiger partial charge in [0.25, 0.3) is 11.8 Å². The minimum atomic E-state index is -1.89. The number of rotatable bonds is 12. The number of phenolic OH excluding ortho intramolecular Hbond substituents is 1. The van der Waals surface area contributed by atoms with E-state index in [1.807, 2.05) is 11.9 Å². The lowest BCUT2D eigenvalue weighted by Crippen LogP contribution is -2.29. The van der Waals surface area contributed by atoms with Crippen LogP contribution in [0.15, 0.2) is 47.5 Å². The summed E-state index contributed by atoms with van der Waals surface area (Å²) in [6, 6.07) is 9.93. The Morgan fingerprint density at radius 3 is 2.45 bits per heavy atom. The molecule has 4 rings (SSSR count). The monoisotopic (exact) mass is 584 g/mol. The number of primary amides is 1. The highest BCUT2D eigenvalue weighted by Crippen LogP contribution is 2.40. The molecule has 2 heterocycles. The van der Waals surface area contributed by atoms with Crippen LogP contribution in [-0.2, 0) is 9.59 Å². The number of aromatic hydroxyl groups is 1. The highest BCUT2D eigenvalue weighted by molar-refractivity contribution is 6.00. The van der Waals surface area contributed by atoms with E-state index in [1.165, 1.54) is 12.1 Å². The number of aliphatic carboxylic acids is 1. The Kier molecular flexibility index (Phi) is 8.69. The number of amides is 1. The molecule has 1 aliphatic heterocycles. The van der Waals surface area contributed by atoms with Crippen molar-refractivity contribution in [1.29, 1.82) is 5.41 Å². The molecule has 1 aromatic heterocycles. The van der Waals surface area contributed by atoms with Crippen molar-refractivity contribution in [3.05, 3.63) is 65.2 Å². The van der Waals surface area contributed by atoms with Crippen LogP contribution in [0.2, 0.25) is 0 Å². The molecule has 0 spiro atoms. The van der Waals surface area contributed by atoms with Crippen molar-refractivity contribution in [2.24, 2.45) is 16.5 Å². The summed E-state index contributed by atoms with van der Waals surface area (Å²) in [5.74, 6) is -9.20. The Balaban J connectivity index is 1.78. The minimum Gasteiger partial charge on any atom is -0.504 e. The number of pyridine rings is 1. The molecular formula is C27H26F2N6O7. The molecule has 2 aromatic carbocycles. The number of carbonyl (C=O) groups excluding carboxylic acids is 1. The zero-order chi connectivity index (χ0) is 30.6. The average Bonchev–Trinajstić information content (AvgIpc) is 3.37. The Labute approximate surface area is 237 Å². The summed E-state index contributed by atoms with van der Waals surface area (Å²) in [6.45, 7) is 1.29. The van der Waals surface area contributed by atoms with E-state index in [0.29, 0.717) is 24.5 Å². The summed E-state index contributed by atoms with van der Waals surface area (Å²) < 4.78 is 47.4. The molecule has 0 fully saturated rings. The number of likely N-dealkylation sites (N-methyl/N-ethyl adjacent to an activating group) is 1. The number of carbonyl (C=O) groups is 2. The number of aromatic nitrogens is 1. The highest BCUT2D eigenvalue weighted by Gasteiger charge is 2.30. The maximum Gasteiger partial charge on any atom is 0.344 e. The van der Waals surface area contributed by atoms with E-state index in [9.17, 15) is 19.8 Å². The first-order chi connectivity index (χ1) is 19.9. The van der Waals surface area contributed by atoms with Crippen LogP contribution in [0.1, 0.15) is 24.0 Å². The van der Waals surface area contributed by atoms with E-state index in [1.54, 1.807) is 18.2 Å². The van der Waals surface area contributed by atoms with E-state index >= 15 is 8.78 Å². The average molecular weight is 585 g/mol. The highest BCUT2D eigenvalue weighted by atomic mass is 19.1. The van der Waals surface area contributed by atoms with Crippen molar-refractivity contribution in [2.45, 2.75) is 18.9 Å². The molecule has 220 valence electrons. The summed E-state index contributed by atoms with van der Waals surface area (Å²) in [5, 5.41) is 27.4. The van der Waals surface area contributed by atoms with Gasteiger partial charge in [-0.3, -0.25) is 15.2 Å². The lowest BCUT2D eigenvalue weighted by molar-refractivity contribution is -0.145. The second-order valence-electron chi connectivity index (χ2n) is 9.08. The van der Waals surface area contributed by atoms with Gasteiger partial charge in [0.05, 0.1) is 6.54 Å². The summed E-state index contributed by atoms with van der Waals surface area (Å²) in [4.78, 5) is 33.0. The molecule has 0 radical (unpaired) electrons. The molecule has 15 heteroatoms. The molecule has 1 atom stereocenters. The molecule has 42 heavy (non-hydrogen) atoms. The SMILES string of the molecule is CN1CCN=C1c1cccc(Oc2nc(Oc3cc(C(=N)N)ccc3O)c(F)c(OC(CCC(N)=O)C(=O)O)c2F)c1. The van der Waals surface area contributed by atoms with Gasteiger partial charge < -0.3 is 40.8 Å². The summed E-state index contributed by atoms with van der Waals surface area (Å²) in [7, 11) is 1.85. The Morgan fingerprint density at radius 1 is 1.12 bits per heavy atom. The maximum absolute atomic E-state index is 15.7. The van der Waals surface area contributed by atoms with Crippen LogP contribution in [-0.4, -0.2) is 69.9 Å². The van der Waals surface area contributed by atoms with Gasteiger partial charge in [-0.05, 0) is 30.3 Å². The number of nitrogens with two attached hydrogens (primary N) is 2. The van der Waals surface area contributed by atoms with Crippen molar-refractivity contribution in [3.8, 4) is 34.8 Å². The maximum atomic E-state index is 15.7. The minimum absolute atomic E-state index is 0.0651. The number of carboxylic acid groups (broad SMARTS) is 1. The van der Waals surface area contributed by atoms with Gasteiger partial charge in [0, 0.05) is 37.6 Å². The molecule has 1 amide bonds. The number of hydrogen-bond acceptors (Lipinski definition) is 10. The number of halogens is 2. The fourth-order valence-corrected chi connectivity index (χ4v) is 3.89. The molecule has 7 N–H and O–H groups in total. The van der Waals surface area contributed by atoms with Crippen molar-refractivity contribution in [3.63, 3.8) is 0 Å². The smallest absolute Gasteiger partial charge is 0.344 e. The fourth-order valence-electron chi connectivity index (χ4n) is 3.89. The molecular weight excluding hydrogens is 558 g/mol. The predicted molar refractivity (Wildman–Crippen MR) is 144 cm³/mol. The Bertz CT molecular complexity index is 1580. The van der Waals surface area contributed by atoms with Crippen molar-refractivity contribution in [2.75, 3.05) is 20.1 Å².